The molecule has 0 aromatic heterocycles. The highest BCUT2D eigenvalue weighted by Gasteiger charge is 2.14. The summed E-state index contributed by atoms with van der Waals surface area (Å²) in [5, 5.41) is 0. The van der Waals surface area contributed by atoms with Gasteiger partial charge in [-0.25, -0.2) is 13.1 Å². The average Bonchev–Trinajstić information content (AvgIpc) is 2.45. The van der Waals surface area contributed by atoms with Crippen LogP contribution in [0.1, 0.15) is 13.8 Å². The Morgan fingerprint density at radius 2 is 1.90 bits per heavy atom. The number of benzene rings is 1. The molecule has 3 N–H and O–H groups in total. The summed E-state index contributed by atoms with van der Waals surface area (Å²) in [6.07, 6.45) is 0. The maximum Gasteiger partial charge on any atom is 0.240 e. The maximum atomic E-state index is 12.1. The zero-order valence-electron chi connectivity index (χ0n) is 12.9. The monoisotopic (exact) mass is 315 g/mol. The molecule has 0 saturated heterocycles. The van der Waals surface area contributed by atoms with Gasteiger partial charge in [-0.15, -0.1) is 0 Å². The van der Waals surface area contributed by atoms with Crippen molar-refractivity contribution in [2.75, 3.05) is 33.3 Å². The van der Waals surface area contributed by atoms with E-state index in [1.54, 1.807) is 12.1 Å². The van der Waals surface area contributed by atoms with Gasteiger partial charge in [0, 0.05) is 25.7 Å². The Hall–Kier alpha value is -1.15. The van der Waals surface area contributed by atoms with E-state index in [4.69, 9.17) is 10.5 Å². The first-order chi connectivity index (χ1) is 9.86. The Kier molecular flexibility index (Phi) is 7.10. The molecule has 0 fully saturated rings. The summed E-state index contributed by atoms with van der Waals surface area (Å²) in [6.45, 7) is 6.00. The third-order valence-corrected chi connectivity index (χ3v) is 4.64. The molecule has 1 rings (SSSR count). The SMILES string of the molecule is CC(C)N(C)CCNS(=O)(=O)c1ccc(OCCN)cc1. The topological polar surface area (TPSA) is 84.7 Å². The molecule has 0 saturated carbocycles. The Morgan fingerprint density at radius 3 is 2.43 bits per heavy atom. The molecular weight excluding hydrogens is 290 g/mol. The van der Waals surface area contributed by atoms with Gasteiger partial charge in [0.05, 0.1) is 4.90 Å². The second-order valence-electron chi connectivity index (χ2n) is 5.08. The molecule has 0 radical (unpaired) electrons. The second-order valence-corrected chi connectivity index (χ2v) is 6.85. The van der Waals surface area contributed by atoms with E-state index in [-0.39, 0.29) is 4.90 Å². The summed E-state index contributed by atoms with van der Waals surface area (Å²) in [7, 11) is -1.51. The number of ether oxygens (including phenoxy) is 1. The lowest BCUT2D eigenvalue weighted by Gasteiger charge is -2.20. The third-order valence-electron chi connectivity index (χ3n) is 3.16. The maximum absolute atomic E-state index is 12.1. The zero-order valence-corrected chi connectivity index (χ0v) is 13.7. The molecule has 0 heterocycles. The van der Waals surface area contributed by atoms with Crippen molar-refractivity contribution >= 4 is 10.0 Å². The number of rotatable bonds is 9. The lowest BCUT2D eigenvalue weighted by atomic mass is 10.3. The minimum atomic E-state index is -3.48. The van der Waals surface area contributed by atoms with Gasteiger partial charge < -0.3 is 15.4 Å². The highest BCUT2D eigenvalue weighted by molar-refractivity contribution is 7.89. The van der Waals surface area contributed by atoms with Gasteiger partial charge in [-0.3, -0.25) is 0 Å². The molecule has 6 nitrogen and oxygen atoms in total. The van der Waals surface area contributed by atoms with Crippen LogP contribution in [0.5, 0.6) is 5.75 Å². The van der Waals surface area contributed by atoms with E-state index in [1.165, 1.54) is 12.1 Å². The Morgan fingerprint density at radius 1 is 1.29 bits per heavy atom. The van der Waals surface area contributed by atoms with Gasteiger partial charge in [0.1, 0.15) is 12.4 Å². The van der Waals surface area contributed by atoms with Crippen LogP contribution in [-0.2, 0) is 10.0 Å². The van der Waals surface area contributed by atoms with Crippen molar-refractivity contribution in [3.8, 4) is 5.75 Å². The molecule has 0 aliphatic heterocycles. The molecular formula is C14H25N3O3S. The Bertz CT molecular complexity index is 515. The van der Waals surface area contributed by atoms with Crippen LogP contribution in [-0.4, -0.2) is 52.6 Å². The van der Waals surface area contributed by atoms with Crippen LogP contribution in [0.25, 0.3) is 0 Å². The summed E-state index contributed by atoms with van der Waals surface area (Å²) >= 11 is 0. The van der Waals surface area contributed by atoms with Crippen LogP contribution in [0, 0.1) is 0 Å². The lowest BCUT2D eigenvalue weighted by molar-refractivity contribution is 0.278. The van der Waals surface area contributed by atoms with Crippen molar-refractivity contribution in [1.29, 1.82) is 0 Å². The fourth-order valence-electron chi connectivity index (χ4n) is 1.59. The van der Waals surface area contributed by atoms with Crippen LogP contribution < -0.4 is 15.2 Å². The minimum Gasteiger partial charge on any atom is -0.492 e. The summed E-state index contributed by atoms with van der Waals surface area (Å²) in [6, 6.07) is 6.70. The van der Waals surface area contributed by atoms with Gasteiger partial charge in [0.15, 0.2) is 0 Å². The third kappa shape index (κ3) is 6.01. The summed E-state index contributed by atoms with van der Waals surface area (Å²) in [4.78, 5) is 2.31. The number of hydrogen-bond donors (Lipinski definition) is 2. The zero-order chi connectivity index (χ0) is 15.9. The predicted octanol–water partition coefficient (Wildman–Crippen LogP) is 0.643. The average molecular weight is 315 g/mol. The molecule has 0 unspecified atom stereocenters. The molecule has 0 bridgehead atoms. The van der Waals surface area contributed by atoms with E-state index in [1.807, 2.05) is 7.05 Å². The highest BCUT2D eigenvalue weighted by atomic mass is 32.2. The van der Waals surface area contributed by atoms with E-state index >= 15 is 0 Å². The van der Waals surface area contributed by atoms with E-state index in [2.05, 4.69) is 23.5 Å². The largest absolute Gasteiger partial charge is 0.492 e. The fourth-order valence-corrected chi connectivity index (χ4v) is 2.61. The summed E-state index contributed by atoms with van der Waals surface area (Å²) in [5.41, 5.74) is 5.34. The highest BCUT2D eigenvalue weighted by Crippen LogP contribution is 2.15. The van der Waals surface area contributed by atoms with Crippen LogP contribution >= 0.6 is 0 Å². The first-order valence-corrected chi connectivity index (χ1v) is 8.48. The first-order valence-electron chi connectivity index (χ1n) is 6.99. The van der Waals surface area contributed by atoms with Gasteiger partial charge in [-0.05, 0) is 45.2 Å². The number of likely N-dealkylation sites (N-methyl/N-ethyl adjacent to an activating group) is 1. The minimum absolute atomic E-state index is 0.231. The van der Waals surface area contributed by atoms with Crippen molar-refractivity contribution in [2.45, 2.75) is 24.8 Å². The van der Waals surface area contributed by atoms with Crippen LogP contribution in [0.4, 0.5) is 0 Å². The molecule has 0 spiro atoms. The van der Waals surface area contributed by atoms with Gasteiger partial charge in [-0.2, -0.15) is 0 Å². The molecule has 0 amide bonds. The standard InChI is InChI=1S/C14H25N3O3S/c1-12(2)17(3)10-9-16-21(18,19)14-6-4-13(5-7-14)20-11-8-15/h4-7,12,16H,8-11,15H2,1-3H3. The van der Waals surface area contributed by atoms with E-state index in [0.717, 1.165) is 0 Å². The van der Waals surface area contributed by atoms with Crippen LogP contribution in [0.3, 0.4) is 0 Å². The number of nitrogens with one attached hydrogen (secondary N) is 1. The number of nitrogens with zero attached hydrogens (tertiary/aromatic N) is 1. The lowest BCUT2D eigenvalue weighted by Crippen LogP contribution is -2.36. The number of nitrogens with two attached hydrogens (primary N) is 1. The molecule has 120 valence electrons. The van der Waals surface area contributed by atoms with E-state index < -0.39 is 10.0 Å². The van der Waals surface area contributed by atoms with E-state index in [9.17, 15) is 8.42 Å². The van der Waals surface area contributed by atoms with Crippen LogP contribution in [0.2, 0.25) is 0 Å². The van der Waals surface area contributed by atoms with Gasteiger partial charge >= 0.3 is 0 Å². The summed E-state index contributed by atoms with van der Waals surface area (Å²) in [5.74, 6) is 0.610. The first kappa shape index (κ1) is 17.9. The van der Waals surface area contributed by atoms with Gasteiger partial charge in [0.2, 0.25) is 10.0 Å². The smallest absolute Gasteiger partial charge is 0.240 e. The van der Waals surface area contributed by atoms with Crippen molar-refractivity contribution in [2.24, 2.45) is 5.73 Å². The molecule has 1 aromatic rings. The molecule has 7 heteroatoms. The second kappa shape index (κ2) is 8.33. The number of sulfonamides is 1. The quantitative estimate of drug-likeness (QED) is 0.699. The molecule has 0 atom stereocenters. The fraction of sp³-hybridized carbons (Fsp3) is 0.571. The molecule has 21 heavy (non-hydrogen) atoms. The van der Waals surface area contributed by atoms with Gasteiger partial charge in [0.25, 0.3) is 0 Å². The molecule has 0 aliphatic carbocycles. The Balaban J connectivity index is 2.57. The van der Waals surface area contributed by atoms with Crippen molar-refractivity contribution in [3.05, 3.63) is 24.3 Å². The van der Waals surface area contributed by atoms with Crippen molar-refractivity contribution in [3.63, 3.8) is 0 Å². The Labute approximate surface area is 127 Å². The number of hydrogen-bond acceptors (Lipinski definition) is 5. The van der Waals surface area contributed by atoms with Crippen molar-refractivity contribution in [1.82, 2.24) is 9.62 Å². The normalized spacial score (nSPS) is 12.1. The summed E-state index contributed by atoms with van der Waals surface area (Å²) < 4.78 is 32.1. The molecule has 1 aromatic carbocycles. The van der Waals surface area contributed by atoms with Crippen LogP contribution in [0.15, 0.2) is 29.2 Å². The molecule has 0 aliphatic rings. The van der Waals surface area contributed by atoms with Gasteiger partial charge in [-0.1, -0.05) is 0 Å². The van der Waals surface area contributed by atoms with E-state index in [0.29, 0.717) is 38.0 Å². The predicted molar refractivity (Wildman–Crippen MR) is 83.9 cm³/mol. The van der Waals surface area contributed by atoms with Crippen molar-refractivity contribution < 1.29 is 13.2 Å².